The zero-order valence-electron chi connectivity index (χ0n) is 19.8. The maximum absolute atomic E-state index is 15.1. The zero-order valence-corrected chi connectivity index (χ0v) is 20.7. The fourth-order valence-electron chi connectivity index (χ4n) is 4.19. The molecule has 0 bridgehead atoms. The van der Waals surface area contributed by atoms with E-state index >= 15 is 4.57 Å². The first-order chi connectivity index (χ1) is 16.0. The molecule has 0 heterocycles. The normalized spacial score (nSPS) is 15.1. The Bertz CT molecular complexity index is 1000. The van der Waals surface area contributed by atoms with Gasteiger partial charge in [-0.15, -0.1) is 0 Å². The molecule has 3 aromatic rings. The standard InChI is InChI=1S/C29H35O3P/c1-4-23(3)29(30)28(21-25(5-2)32-22-24-15-9-6-10-16-24)33(31,26-17-11-7-12-18-26)27-19-13-8-14-20-27/h4,6-20,25,28-30H,5,21-22H2,1-3H3/b23-4+/t25-,28+,29-/m1/s1. The fourth-order valence-corrected chi connectivity index (χ4v) is 7.65. The first kappa shape index (κ1) is 25.2. The molecule has 3 nitrogen and oxygen atoms in total. The second-order valence-corrected chi connectivity index (χ2v) is 11.4. The maximum atomic E-state index is 15.1. The number of hydrogen-bond acceptors (Lipinski definition) is 3. The van der Waals surface area contributed by atoms with Gasteiger partial charge >= 0.3 is 0 Å². The van der Waals surface area contributed by atoms with E-state index in [4.69, 9.17) is 4.74 Å². The summed E-state index contributed by atoms with van der Waals surface area (Å²) >= 11 is 0. The lowest BCUT2D eigenvalue weighted by Gasteiger charge is -2.35. The lowest BCUT2D eigenvalue weighted by Crippen LogP contribution is -2.38. The summed E-state index contributed by atoms with van der Waals surface area (Å²) in [6.07, 6.45) is 2.21. The van der Waals surface area contributed by atoms with Gasteiger partial charge < -0.3 is 14.4 Å². The largest absolute Gasteiger partial charge is 0.388 e. The Labute approximate surface area is 198 Å². The van der Waals surface area contributed by atoms with Crippen molar-refractivity contribution in [2.45, 2.75) is 58.1 Å². The molecule has 33 heavy (non-hydrogen) atoms. The third-order valence-electron chi connectivity index (χ3n) is 6.32. The first-order valence-electron chi connectivity index (χ1n) is 11.7. The fraction of sp³-hybridized carbons (Fsp3) is 0.310. The van der Waals surface area contributed by atoms with Crippen molar-refractivity contribution >= 4 is 17.8 Å². The van der Waals surface area contributed by atoms with Crippen LogP contribution in [-0.4, -0.2) is 23.0 Å². The average Bonchev–Trinajstić information content (AvgIpc) is 2.89. The molecule has 3 aromatic carbocycles. The predicted octanol–water partition coefficient (Wildman–Crippen LogP) is 6.08. The smallest absolute Gasteiger partial charge is 0.149 e. The van der Waals surface area contributed by atoms with Gasteiger partial charge in [-0.1, -0.05) is 104 Å². The second-order valence-electron chi connectivity index (χ2n) is 8.44. The molecule has 0 amide bonds. The Morgan fingerprint density at radius 3 is 1.85 bits per heavy atom. The lowest BCUT2D eigenvalue weighted by atomic mass is 10.0. The highest BCUT2D eigenvalue weighted by Gasteiger charge is 2.42. The van der Waals surface area contributed by atoms with Gasteiger partial charge in [-0.2, -0.15) is 0 Å². The van der Waals surface area contributed by atoms with Crippen LogP contribution in [0.2, 0.25) is 0 Å². The number of aliphatic hydroxyl groups excluding tert-OH is 1. The Kier molecular flexibility index (Phi) is 9.26. The summed E-state index contributed by atoms with van der Waals surface area (Å²) in [5.41, 5.74) is 1.43. The van der Waals surface area contributed by atoms with Crippen LogP contribution in [0.15, 0.2) is 103 Å². The molecule has 174 valence electrons. The summed E-state index contributed by atoms with van der Waals surface area (Å²) in [6, 6.07) is 29.3. The molecule has 0 saturated heterocycles. The van der Waals surface area contributed by atoms with Gasteiger partial charge in [-0.25, -0.2) is 0 Å². The van der Waals surface area contributed by atoms with E-state index in [1.807, 2.05) is 111 Å². The van der Waals surface area contributed by atoms with E-state index in [9.17, 15) is 5.11 Å². The van der Waals surface area contributed by atoms with Gasteiger partial charge in [0, 0.05) is 10.6 Å². The lowest BCUT2D eigenvalue weighted by molar-refractivity contribution is 0.0253. The van der Waals surface area contributed by atoms with E-state index in [-0.39, 0.29) is 6.10 Å². The van der Waals surface area contributed by atoms with Crippen LogP contribution in [-0.2, 0) is 15.9 Å². The molecular weight excluding hydrogens is 427 g/mol. The molecule has 0 spiro atoms. The molecule has 3 rings (SSSR count). The summed E-state index contributed by atoms with van der Waals surface area (Å²) in [6.45, 7) is 6.39. The van der Waals surface area contributed by atoms with E-state index < -0.39 is 18.9 Å². The maximum Gasteiger partial charge on any atom is 0.149 e. The number of ether oxygens (including phenoxy) is 1. The summed E-state index contributed by atoms with van der Waals surface area (Å²) < 4.78 is 21.3. The van der Waals surface area contributed by atoms with Crippen LogP contribution < -0.4 is 10.6 Å². The number of aliphatic hydroxyl groups is 1. The number of benzene rings is 3. The average molecular weight is 463 g/mol. The minimum absolute atomic E-state index is 0.129. The summed E-state index contributed by atoms with van der Waals surface area (Å²) in [5.74, 6) is 0. The minimum atomic E-state index is -3.19. The Morgan fingerprint density at radius 1 is 0.909 bits per heavy atom. The van der Waals surface area contributed by atoms with Crippen LogP contribution in [0, 0.1) is 0 Å². The molecule has 0 fully saturated rings. The topological polar surface area (TPSA) is 46.5 Å². The van der Waals surface area contributed by atoms with Gasteiger partial charge in [0.1, 0.15) is 7.14 Å². The van der Waals surface area contributed by atoms with Crippen LogP contribution in [0.25, 0.3) is 0 Å². The van der Waals surface area contributed by atoms with Crippen LogP contribution in [0.5, 0.6) is 0 Å². The van der Waals surface area contributed by atoms with E-state index in [0.717, 1.165) is 28.2 Å². The van der Waals surface area contributed by atoms with Crippen molar-refractivity contribution in [1.29, 1.82) is 0 Å². The quantitative estimate of drug-likeness (QED) is 0.277. The SMILES string of the molecule is C/C=C(\C)[C@@H](O)[C@H](C[C@@H](CC)OCc1ccccc1)P(=O)(c1ccccc1)c1ccccc1. The number of hydrogen-bond donors (Lipinski definition) is 1. The molecule has 0 aromatic heterocycles. The van der Waals surface area contributed by atoms with E-state index in [1.165, 1.54) is 0 Å². The third-order valence-corrected chi connectivity index (χ3v) is 9.88. The molecule has 1 N–H and O–H groups in total. The zero-order chi connectivity index (χ0) is 23.7. The van der Waals surface area contributed by atoms with Crippen LogP contribution >= 0.6 is 7.14 Å². The molecule has 0 aliphatic heterocycles. The monoisotopic (exact) mass is 462 g/mol. The van der Waals surface area contributed by atoms with Gasteiger partial charge in [-0.05, 0) is 37.8 Å². The highest BCUT2D eigenvalue weighted by Crippen LogP contribution is 2.53. The molecule has 3 atom stereocenters. The van der Waals surface area contributed by atoms with Gasteiger partial charge in [0.05, 0.1) is 24.5 Å². The van der Waals surface area contributed by atoms with Gasteiger partial charge in [0.25, 0.3) is 0 Å². The summed E-state index contributed by atoms with van der Waals surface area (Å²) in [4.78, 5) is 0. The number of rotatable bonds is 11. The van der Waals surface area contributed by atoms with Crippen molar-refractivity contribution in [3.8, 4) is 0 Å². The van der Waals surface area contributed by atoms with Crippen molar-refractivity contribution in [3.63, 3.8) is 0 Å². The number of allylic oxidation sites excluding steroid dienone is 1. The Balaban J connectivity index is 2.02. The van der Waals surface area contributed by atoms with Gasteiger partial charge in [0.15, 0.2) is 0 Å². The highest BCUT2D eigenvalue weighted by atomic mass is 31.2. The van der Waals surface area contributed by atoms with E-state index in [0.29, 0.717) is 13.0 Å². The van der Waals surface area contributed by atoms with Crippen LogP contribution in [0.3, 0.4) is 0 Å². The molecule has 0 radical (unpaired) electrons. The Morgan fingerprint density at radius 2 is 1.39 bits per heavy atom. The summed E-state index contributed by atoms with van der Waals surface area (Å²) in [5, 5.41) is 13.0. The predicted molar refractivity (Wildman–Crippen MR) is 139 cm³/mol. The van der Waals surface area contributed by atoms with E-state index in [2.05, 4.69) is 6.92 Å². The van der Waals surface area contributed by atoms with Gasteiger partial charge in [-0.3, -0.25) is 0 Å². The van der Waals surface area contributed by atoms with Gasteiger partial charge in [0.2, 0.25) is 0 Å². The van der Waals surface area contributed by atoms with Crippen molar-refractivity contribution < 1.29 is 14.4 Å². The first-order valence-corrected chi connectivity index (χ1v) is 13.5. The van der Waals surface area contributed by atoms with Crippen LogP contribution in [0.1, 0.15) is 39.2 Å². The molecule has 0 aliphatic rings. The molecule has 4 heteroatoms. The minimum Gasteiger partial charge on any atom is -0.388 e. The van der Waals surface area contributed by atoms with Crippen molar-refractivity contribution in [1.82, 2.24) is 0 Å². The molecule has 0 aliphatic carbocycles. The molecule has 0 saturated carbocycles. The van der Waals surface area contributed by atoms with Crippen molar-refractivity contribution in [2.75, 3.05) is 0 Å². The Hall–Kier alpha value is -2.45. The highest BCUT2D eigenvalue weighted by molar-refractivity contribution is 7.79. The molecular formula is C29H35O3P. The molecule has 0 unspecified atom stereocenters. The third kappa shape index (κ3) is 6.12. The van der Waals surface area contributed by atoms with Crippen molar-refractivity contribution in [3.05, 3.63) is 108 Å². The summed E-state index contributed by atoms with van der Waals surface area (Å²) in [7, 11) is -3.19. The van der Waals surface area contributed by atoms with Crippen LogP contribution in [0.4, 0.5) is 0 Å². The van der Waals surface area contributed by atoms with E-state index in [1.54, 1.807) is 0 Å². The van der Waals surface area contributed by atoms with Crippen molar-refractivity contribution in [2.24, 2.45) is 0 Å². The second kappa shape index (κ2) is 12.1.